The van der Waals surface area contributed by atoms with Gasteiger partial charge in [0.05, 0.1) is 0 Å². The van der Waals surface area contributed by atoms with Crippen LogP contribution in [0.2, 0.25) is 0 Å². The molecule has 3 unspecified atom stereocenters. The molecule has 0 amide bonds. The molecule has 0 aromatic heterocycles. The van der Waals surface area contributed by atoms with E-state index in [-0.39, 0.29) is 0 Å². The van der Waals surface area contributed by atoms with Crippen molar-refractivity contribution in [2.75, 3.05) is 31.9 Å². The first kappa shape index (κ1) is 16.6. The normalized spacial score (nSPS) is 35.1. The fourth-order valence-electron chi connectivity index (χ4n) is 4.16. The molecule has 20 heavy (non-hydrogen) atoms. The van der Waals surface area contributed by atoms with E-state index in [0.717, 1.165) is 17.7 Å². The van der Waals surface area contributed by atoms with Gasteiger partial charge in [0.2, 0.25) is 0 Å². The van der Waals surface area contributed by atoms with Crippen molar-refractivity contribution in [1.82, 2.24) is 10.2 Å². The van der Waals surface area contributed by atoms with Crippen LogP contribution in [0.15, 0.2) is 0 Å². The molecule has 0 radical (unpaired) electrons. The maximum atomic E-state index is 3.81. The minimum atomic E-state index is 0.466. The Hall–Kier alpha value is 0.270. The third kappa shape index (κ3) is 4.14. The van der Waals surface area contributed by atoms with Crippen molar-refractivity contribution in [3.05, 3.63) is 0 Å². The van der Waals surface area contributed by atoms with Gasteiger partial charge in [-0.2, -0.15) is 11.8 Å². The van der Waals surface area contributed by atoms with E-state index in [1.807, 2.05) is 0 Å². The average molecular weight is 299 g/mol. The maximum absolute atomic E-state index is 3.81. The van der Waals surface area contributed by atoms with E-state index in [4.69, 9.17) is 0 Å². The molecule has 1 saturated heterocycles. The largest absolute Gasteiger partial charge is 0.313 e. The molecule has 2 rings (SSSR count). The smallest absolute Gasteiger partial charge is 0.0172 e. The second-order valence-electron chi connectivity index (χ2n) is 7.34. The molecule has 0 aromatic rings. The Balaban J connectivity index is 1.95. The number of thioether (sulfide) groups is 1. The van der Waals surface area contributed by atoms with Crippen LogP contribution in [0.25, 0.3) is 0 Å². The second kappa shape index (κ2) is 7.51. The summed E-state index contributed by atoms with van der Waals surface area (Å²) in [4.78, 5) is 2.75. The Kier molecular flexibility index (Phi) is 6.25. The second-order valence-corrected chi connectivity index (χ2v) is 8.75. The van der Waals surface area contributed by atoms with Crippen LogP contribution in [0.5, 0.6) is 0 Å². The van der Waals surface area contributed by atoms with Crippen LogP contribution in [-0.4, -0.2) is 48.1 Å². The fraction of sp³-hybridized carbons (Fsp3) is 1.00. The average Bonchev–Trinajstić information content (AvgIpc) is 2.43. The lowest BCUT2D eigenvalue weighted by molar-refractivity contribution is 0.0805. The van der Waals surface area contributed by atoms with Crippen LogP contribution in [0.3, 0.4) is 0 Å². The first-order valence-electron chi connectivity index (χ1n) is 8.64. The van der Waals surface area contributed by atoms with Crippen molar-refractivity contribution < 1.29 is 0 Å². The first-order valence-corrected chi connectivity index (χ1v) is 9.69. The lowest BCUT2D eigenvalue weighted by Gasteiger charge is -2.47. The van der Waals surface area contributed by atoms with Gasteiger partial charge in [0.1, 0.15) is 0 Å². The minimum absolute atomic E-state index is 0.466. The standard InChI is InChI=1S/C17H34N2S/c1-5-15-13-19(10-11-20-15)12-14-8-7-9-17(3,4)16(14)18-6-2/h14-16,18H,5-13H2,1-4H3. The highest BCUT2D eigenvalue weighted by molar-refractivity contribution is 8.00. The van der Waals surface area contributed by atoms with Crippen LogP contribution >= 0.6 is 11.8 Å². The van der Waals surface area contributed by atoms with Crippen molar-refractivity contribution in [3.63, 3.8) is 0 Å². The molecule has 1 heterocycles. The topological polar surface area (TPSA) is 15.3 Å². The number of rotatable bonds is 5. The van der Waals surface area contributed by atoms with Crippen LogP contribution < -0.4 is 5.32 Å². The molecular formula is C17H34N2S. The van der Waals surface area contributed by atoms with Crippen LogP contribution in [0.1, 0.15) is 53.4 Å². The Morgan fingerprint density at radius 2 is 2.10 bits per heavy atom. The highest BCUT2D eigenvalue weighted by Crippen LogP contribution is 2.39. The minimum Gasteiger partial charge on any atom is -0.313 e. The Morgan fingerprint density at radius 3 is 2.80 bits per heavy atom. The van der Waals surface area contributed by atoms with Gasteiger partial charge in [0.15, 0.2) is 0 Å². The SMILES string of the molecule is CCNC1C(CN2CCSC(CC)C2)CCCC1(C)C. The molecule has 118 valence electrons. The van der Waals surface area contributed by atoms with Crippen LogP contribution in [0, 0.1) is 11.3 Å². The van der Waals surface area contributed by atoms with E-state index in [0.29, 0.717) is 11.5 Å². The van der Waals surface area contributed by atoms with Gasteiger partial charge < -0.3 is 10.2 Å². The molecule has 3 atom stereocenters. The van der Waals surface area contributed by atoms with E-state index in [1.54, 1.807) is 0 Å². The molecule has 1 N–H and O–H groups in total. The molecular weight excluding hydrogens is 264 g/mol. The van der Waals surface area contributed by atoms with Gasteiger partial charge in [-0.15, -0.1) is 0 Å². The first-order chi connectivity index (χ1) is 9.56. The molecule has 0 bridgehead atoms. The van der Waals surface area contributed by atoms with Crippen molar-refractivity contribution in [1.29, 1.82) is 0 Å². The number of nitrogens with zero attached hydrogens (tertiary/aromatic N) is 1. The molecule has 3 heteroatoms. The Bertz CT molecular complexity index is 293. The van der Waals surface area contributed by atoms with Gasteiger partial charge >= 0.3 is 0 Å². The van der Waals surface area contributed by atoms with E-state index in [1.165, 1.54) is 51.1 Å². The third-order valence-electron chi connectivity index (χ3n) is 5.30. The van der Waals surface area contributed by atoms with E-state index in [2.05, 4.69) is 49.7 Å². The summed E-state index contributed by atoms with van der Waals surface area (Å²) in [6.45, 7) is 14.6. The zero-order valence-corrected chi connectivity index (χ0v) is 14.8. The van der Waals surface area contributed by atoms with Gasteiger partial charge in [0.25, 0.3) is 0 Å². The Labute approximate surface area is 130 Å². The summed E-state index contributed by atoms with van der Waals surface area (Å²) in [5, 5.41) is 4.68. The van der Waals surface area contributed by atoms with Crippen molar-refractivity contribution >= 4 is 11.8 Å². The lowest BCUT2D eigenvalue weighted by Crippen LogP contribution is -2.54. The van der Waals surface area contributed by atoms with Gasteiger partial charge in [0, 0.05) is 36.7 Å². The highest BCUT2D eigenvalue weighted by atomic mass is 32.2. The van der Waals surface area contributed by atoms with E-state index >= 15 is 0 Å². The van der Waals surface area contributed by atoms with Crippen molar-refractivity contribution in [3.8, 4) is 0 Å². The predicted octanol–water partition coefficient (Wildman–Crippen LogP) is 3.62. The summed E-state index contributed by atoms with van der Waals surface area (Å²) in [5.74, 6) is 2.18. The molecule has 0 aromatic carbocycles. The summed E-state index contributed by atoms with van der Waals surface area (Å²) in [5.41, 5.74) is 0.466. The molecule has 2 fully saturated rings. The highest BCUT2D eigenvalue weighted by Gasteiger charge is 2.39. The van der Waals surface area contributed by atoms with Gasteiger partial charge in [-0.25, -0.2) is 0 Å². The van der Waals surface area contributed by atoms with E-state index in [9.17, 15) is 0 Å². The van der Waals surface area contributed by atoms with Gasteiger partial charge in [-0.1, -0.05) is 34.1 Å². The molecule has 2 nitrogen and oxygen atoms in total. The van der Waals surface area contributed by atoms with Crippen molar-refractivity contribution in [2.24, 2.45) is 11.3 Å². The summed E-state index contributed by atoms with van der Waals surface area (Å²) in [6, 6.07) is 0.705. The predicted molar refractivity (Wildman–Crippen MR) is 91.6 cm³/mol. The summed E-state index contributed by atoms with van der Waals surface area (Å²) >= 11 is 2.18. The molecule has 0 spiro atoms. The number of hydrogen-bond acceptors (Lipinski definition) is 3. The van der Waals surface area contributed by atoms with E-state index < -0.39 is 0 Å². The molecule has 2 aliphatic rings. The number of nitrogens with one attached hydrogen (secondary N) is 1. The molecule has 1 saturated carbocycles. The van der Waals surface area contributed by atoms with Crippen LogP contribution in [-0.2, 0) is 0 Å². The Morgan fingerprint density at radius 1 is 1.30 bits per heavy atom. The fourth-order valence-corrected chi connectivity index (χ4v) is 5.41. The molecule has 1 aliphatic carbocycles. The maximum Gasteiger partial charge on any atom is 0.0172 e. The number of hydrogen-bond donors (Lipinski definition) is 1. The quantitative estimate of drug-likeness (QED) is 0.834. The van der Waals surface area contributed by atoms with Gasteiger partial charge in [-0.3, -0.25) is 0 Å². The monoisotopic (exact) mass is 298 g/mol. The molecule has 1 aliphatic heterocycles. The lowest BCUT2D eigenvalue weighted by atomic mass is 9.67. The van der Waals surface area contributed by atoms with Crippen LogP contribution in [0.4, 0.5) is 0 Å². The van der Waals surface area contributed by atoms with Gasteiger partial charge in [-0.05, 0) is 37.1 Å². The summed E-state index contributed by atoms with van der Waals surface area (Å²) < 4.78 is 0. The third-order valence-corrected chi connectivity index (χ3v) is 6.68. The zero-order valence-electron chi connectivity index (χ0n) is 14.0. The summed E-state index contributed by atoms with van der Waals surface area (Å²) in [6.07, 6.45) is 5.55. The zero-order chi connectivity index (χ0) is 14.6. The summed E-state index contributed by atoms with van der Waals surface area (Å²) in [7, 11) is 0. The van der Waals surface area contributed by atoms with Crippen molar-refractivity contribution in [2.45, 2.75) is 64.7 Å².